The number of carbonyl (C=O) groups is 6. The number of esters is 1. The third-order valence-electron chi connectivity index (χ3n) is 7.94. The van der Waals surface area contributed by atoms with Crippen LogP contribution in [0.25, 0.3) is 0 Å². The number of hydroxylamine groups is 2. The molecule has 0 aromatic heterocycles. The van der Waals surface area contributed by atoms with Crippen molar-refractivity contribution in [3.8, 4) is 0 Å². The first-order valence-corrected chi connectivity index (χ1v) is 17.1. The van der Waals surface area contributed by atoms with Gasteiger partial charge in [-0.25, -0.2) is 9.59 Å². The molecule has 1 aliphatic rings. The Labute approximate surface area is 273 Å². The summed E-state index contributed by atoms with van der Waals surface area (Å²) >= 11 is 0. The molecule has 0 radical (unpaired) electrons. The predicted octanol–water partition coefficient (Wildman–Crippen LogP) is 5.59. The summed E-state index contributed by atoms with van der Waals surface area (Å²) in [5.41, 5.74) is 0.736. The van der Waals surface area contributed by atoms with Crippen molar-refractivity contribution < 1.29 is 38.3 Å². The molecule has 11 nitrogen and oxygen atoms in total. The zero-order valence-electron chi connectivity index (χ0n) is 27.7. The molecule has 46 heavy (non-hydrogen) atoms. The van der Waals surface area contributed by atoms with Crippen molar-refractivity contribution in [3.63, 3.8) is 0 Å². The molecular weight excluding hydrogens is 590 g/mol. The Morgan fingerprint density at radius 1 is 0.761 bits per heavy atom. The number of nitrogens with one attached hydrogen (secondary N) is 2. The molecule has 1 aliphatic heterocycles. The van der Waals surface area contributed by atoms with Gasteiger partial charge in [-0.2, -0.15) is 0 Å². The average Bonchev–Trinajstić information content (AvgIpc) is 3.36. The van der Waals surface area contributed by atoms with E-state index in [4.69, 9.17) is 9.57 Å². The highest BCUT2D eigenvalue weighted by atomic mass is 16.7. The van der Waals surface area contributed by atoms with Crippen LogP contribution in [0.3, 0.4) is 0 Å². The van der Waals surface area contributed by atoms with Crippen molar-refractivity contribution in [1.82, 2.24) is 15.7 Å². The molecule has 1 fully saturated rings. The van der Waals surface area contributed by atoms with Crippen LogP contribution in [0, 0.1) is 0 Å². The highest BCUT2D eigenvalue weighted by Crippen LogP contribution is 2.15. The third kappa shape index (κ3) is 16.0. The Kier molecular flexibility index (Phi) is 19.0. The standard InChI is InChI=1S/C35H53N3O8/c1-3-4-5-6-7-8-9-10-11-12-13-14-18-21-30(39)36-27(2)34(43)37-29(35(44)45-26-28-19-16-15-17-20-28)22-25-33(42)46-38-31(40)23-24-32(38)41/h15-17,19-20,27,29H,3-14,18,21-26H2,1-2H3,(H,36,39)(H,37,43)/t27-,29+/m0/s1. The number of hydrogen-bond donors (Lipinski definition) is 2. The van der Waals surface area contributed by atoms with Crippen LogP contribution >= 0.6 is 0 Å². The average molecular weight is 644 g/mol. The van der Waals surface area contributed by atoms with Crippen LogP contribution in [0.1, 0.15) is 135 Å². The summed E-state index contributed by atoms with van der Waals surface area (Å²) in [6.45, 7) is 3.71. The Bertz CT molecular complexity index is 1090. The van der Waals surface area contributed by atoms with Gasteiger partial charge in [-0.1, -0.05) is 114 Å². The van der Waals surface area contributed by atoms with E-state index >= 15 is 0 Å². The maximum Gasteiger partial charge on any atom is 0.333 e. The summed E-state index contributed by atoms with van der Waals surface area (Å²) in [5.74, 6) is -3.78. The second-order valence-corrected chi connectivity index (χ2v) is 12.0. The first kappa shape index (κ1) is 38.4. The van der Waals surface area contributed by atoms with Crippen molar-refractivity contribution in [1.29, 1.82) is 0 Å². The summed E-state index contributed by atoms with van der Waals surface area (Å²) in [5, 5.41) is 5.66. The normalized spacial score (nSPS) is 14.1. The number of unbranched alkanes of at least 4 members (excludes halogenated alkanes) is 12. The molecule has 2 N–H and O–H groups in total. The molecule has 2 atom stereocenters. The molecule has 0 saturated carbocycles. The maximum absolute atomic E-state index is 12.9. The van der Waals surface area contributed by atoms with E-state index in [1.165, 1.54) is 64.7 Å². The Morgan fingerprint density at radius 3 is 1.87 bits per heavy atom. The molecule has 1 heterocycles. The minimum atomic E-state index is -1.23. The van der Waals surface area contributed by atoms with Gasteiger partial charge in [0, 0.05) is 19.3 Å². The monoisotopic (exact) mass is 643 g/mol. The van der Waals surface area contributed by atoms with Crippen LogP contribution in [0.2, 0.25) is 0 Å². The molecule has 0 spiro atoms. The van der Waals surface area contributed by atoms with E-state index in [9.17, 15) is 28.8 Å². The van der Waals surface area contributed by atoms with Crippen LogP contribution < -0.4 is 10.6 Å². The fourth-order valence-electron chi connectivity index (χ4n) is 5.12. The lowest BCUT2D eigenvalue weighted by molar-refractivity contribution is -0.197. The number of benzene rings is 1. The van der Waals surface area contributed by atoms with E-state index in [-0.39, 0.29) is 38.2 Å². The second kappa shape index (κ2) is 22.7. The molecular formula is C35H53N3O8. The van der Waals surface area contributed by atoms with Crippen molar-refractivity contribution in [2.45, 2.75) is 148 Å². The summed E-state index contributed by atoms with van der Waals surface area (Å²) in [7, 11) is 0. The Morgan fingerprint density at radius 2 is 1.30 bits per heavy atom. The van der Waals surface area contributed by atoms with Crippen molar-refractivity contribution >= 4 is 35.6 Å². The third-order valence-corrected chi connectivity index (χ3v) is 7.94. The Balaban J connectivity index is 1.72. The molecule has 1 aromatic rings. The Hall–Kier alpha value is -3.76. The quantitative estimate of drug-likeness (QED) is 0.0842. The zero-order chi connectivity index (χ0) is 33.6. The number of amides is 4. The van der Waals surface area contributed by atoms with Crippen LogP contribution in [-0.2, 0) is 44.9 Å². The van der Waals surface area contributed by atoms with Crippen molar-refractivity contribution in [3.05, 3.63) is 35.9 Å². The van der Waals surface area contributed by atoms with Gasteiger partial charge in [0.15, 0.2) is 0 Å². The summed E-state index contributed by atoms with van der Waals surface area (Å²) < 4.78 is 5.37. The fourth-order valence-corrected chi connectivity index (χ4v) is 5.12. The lowest BCUT2D eigenvalue weighted by Gasteiger charge is -2.21. The van der Waals surface area contributed by atoms with Gasteiger partial charge in [-0.15, -0.1) is 5.06 Å². The number of ether oxygens (including phenoxy) is 1. The van der Waals surface area contributed by atoms with Crippen LogP contribution in [0.4, 0.5) is 0 Å². The largest absolute Gasteiger partial charge is 0.459 e. The molecule has 0 aliphatic carbocycles. The van der Waals surface area contributed by atoms with E-state index in [0.717, 1.165) is 31.2 Å². The van der Waals surface area contributed by atoms with E-state index in [1.54, 1.807) is 24.3 Å². The van der Waals surface area contributed by atoms with Gasteiger partial charge in [0.1, 0.15) is 18.7 Å². The predicted molar refractivity (Wildman–Crippen MR) is 172 cm³/mol. The van der Waals surface area contributed by atoms with Gasteiger partial charge in [0.2, 0.25) is 11.8 Å². The van der Waals surface area contributed by atoms with Gasteiger partial charge >= 0.3 is 11.9 Å². The number of imide groups is 1. The van der Waals surface area contributed by atoms with E-state index in [0.29, 0.717) is 11.5 Å². The molecule has 0 unspecified atom stereocenters. The molecule has 1 saturated heterocycles. The highest BCUT2D eigenvalue weighted by Gasteiger charge is 2.33. The summed E-state index contributed by atoms with van der Waals surface area (Å²) in [4.78, 5) is 79.0. The van der Waals surface area contributed by atoms with Crippen LogP contribution in [0.5, 0.6) is 0 Å². The number of carbonyl (C=O) groups excluding carboxylic acids is 6. The first-order chi connectivity index (χ1) is 22.2. The summed E-state index contributed by atoms with van der Waals surface area (Å²) in [6, 6.07) is 6.81. The minimum Gasteiger partial charge on any atom is -0.459 e. The fraction of sp³-hybridized carbons (Fsp3) is 0.657. The van der Waals surface area contributed by atoms with Crippen LogP contribution in [-0.4, -0.2) is 52.7 Å². The smallest absolute Gasteiger partial charge is 0.333 e. The maximum atomic E-state index is 12.9. The lowest BCUT2D eigenvalue weighted by atomic mass is 10.0. The molecule has 1 aromatic carbocycles. The van der Waals surface area contributed by atoms with Crippen LogP contribution in [0.15, 0.2) is 30.3 Å². The van der Waals surface area contributed by atoms with Gasteiger partial charge in [0.05, 0.1) is 6.42 Å². The molecule has 2 rings (SSSR count). The van der Waals surface area contributed by atoms with E-state index < -0.39 is 41.7 Å². The first-order valence-electron chi connectivity index (χ1n) is 17.1. The zero-order valence-corrected chi connectivity index (χ0v) is 27.7. The molecule has 11 heteroatoms. The number of hydrogen-bond acceptors (Lipinski definition) is 8. The van der Waals surface area contributed by atoms with E-state index in [1.807, 2.05) is 6.07 Å². The minimum absolute atomic E-state index is 0.0421. The van der Waals surface area contributed by atoms with Crippen molar-refractivity contribution in [2.24, 2.45) is 0 Å². The molecule has 0 bridgehead atoms. The SMILES string of the molecule is CCCCCCCCCCCCCCCC(=O)N[C@@H](C)C(=O)N[C@H](CCC(=O)ON1C(=O)CCC1=O)C(=O)OCc1ccccc1. The van der Waals surface area contributed by atoms with Crippen molar-refractivity contribution in [2.75, 3.05) is 0 Å². The second-order valence-electron chi connectivity index (χ2n) is 12.0. The van der Waals surface area contributed by atoms with Gasteiger partial charge in [0.25, 0.3) is 11.8 Å². The number of nitrogens with zero attached hydrogens (tertiary/aromatic N) is 1. The van der Waals surface area contributed by atoms with E-state index in [2.05, 4.69) is 17.6 Å². The van der Waals surface area contributed by atoms with Gasteiger partial charge in [-0.3, -0.25) is 19.2 Å². The van der Waals surface area contributed by atoms with Gasteiger partial charge < -0.3 is 20.2 Å². The molecule has 4 amide bonds. The highest BCUT2D eigenvalue weighted by molar-refractivity contribution is 6.01. The number of rotatable bonds is 24. The lowest BCUT2D eigenvalue weighted by Crippen LogP contribution is -2.50. The van der Waals surface area contributed by atoms with Gasteiger partial charge in [-0.05, 0) is 25.3 Å². The molecule has 256 valence electrons. The topological polar surface area (TPSA) is 148 Å². The summed E-state index contributed by atoms with van der Waals surface area (Å²) in [6.07, 6.45) is 15.3.